The molecule has 0 amide bonds. The van der Waals surface area contributed by atoms with E-state index in [1.165, 1.54) is 6.07 Å². The van der Waals surface area contributed by atoms with E-state index in [-0.39, 0.29) is 5.75 Å². The first-order valence-corrected chi connectivity index (χ1v) is 8.65. The molecule has 27 heavy (non-hydrogen) atoms. The molecular formula is C19H20F2N4O2. The molecule has 0 aliphatic rings. The standard InChI is InChI=1S/C19H20F2N4O2/c1-3-15-12-25(24-23-15)11-13-8-17(18(22-10-13)26-4-2)14-6-5-7-16(9-14)27-19(20)21/h5-10,12,19H,3-4,11H2,1-2H3. The Bertz CT molecular complexity index is 899. The molecule has 0 radical (unpaired) electrons. The molecule has 0 aliphatic heterocycles. The van der Waals surface area contributed by atoms with Gasteiger partial charge in [0.15, 0.2) is 0 Å². The van der Waals surface area contributed by atoms with Gasteiger partial charge in [0.2, 0.25) is 5.88 Å². The number of nitrogens with zero attached hydrogens (tertiary/aromatic N) is 4. The van der Waals surface area contributed by atoms with E-state index in [2.05, 4.69) is 20.0 Å². The first-order chi connectivity index (χ1) is 13.1. The van der Waals surface area contributed by atoms with E-state index in [0.717, 1.165) is 17.7 Å². The molecule has 2 aromatic heterocycles. The van der Waals surface area contributed by atoms with Gasteiger partial charge < -0.3 is 9.47 Å². The number of rotatable bonds is 8. The van der Waals surface area contributed by atoms with Crippen molar-refractivity contribution in [2.45, 2.75) is 33.4 Å². The first kappa shape index (κ1) is 18.8. The van der Waals surface area contributed by atoms with Crippen LogP contribution in [0, 0.1) is 0 Å². The van der Waals surface area contributed by atoms with Gasteiger partial charge in [0.05, 0.1) is 18.8 Å². The van der Waals surface area contributed by atoms with Crippen LogP contribution in [-0.4, -0.2) is 33.2 Å². The molecule has 6 nitrogen and oxygen atoms in total. The Balaban J connectivity index is 1.94. The van der Waals surface area contributed by atoms with Crippen LogP contribution < -0.4 is 9.47 Å². The number of hydrogen-bond donors (Lipinski definition) is 0. The van der Waals surface area contributed by atoms with Gasteiger partial charge in [-0.1, -0.05) is 24.3 Å². The zero-order valence-corrected chi connectivity index (χ0v) is 15.1. The fourth-order valence-electron chi connectivity index (χ4n) is 2.65. The topological polar surface area (TPSA) is 62.1 Å². The second-order valence-electron chi connectivity index (χ2n) is 5.80. The van der Waals surface area contributed by atoms with E-state index in [4.69, 9.17) is 4.74 Å². The molecule has 1 aromatic carbocycles. The van der Waals surface area contributed by atoms with Gasteiger partial charge in [0, 0.05) is 18.0 Å². The predicted octanol–water partition coefficient (Wildman–Crippen LogP) is 3.95. The fourth-order valence-corrected chi connectivity index (χ4v) is 2.65. The van der Waals surface area contributed by atoms with Crippen LogP contribution in [-0.2, 0) is 13.0 Å². The maximum Gasteiger partial charge on any atom is 0.387 e. The smallest absolute Gasteiger partial charge is 0.387 e. The van der Waals surface area contributed by atoms with Gasteiger partial charge >= 0.3 is 6.61 Å². The molecule has 0 fully saturated rings. The summed E-state index contributed by atoms with van der Waals surface area (Å²) >= 11 is 0. The summed E-state index contributed by atoms with van der Waals surface area (Å²) in [6.07, 6.45) is 4.40. The van der Waals surface area contributed by atoms with Gasteiger partial charge in [-0.2, -0.15) is 8.78 Å². The highest BCUT2D eigenvalue weighted by atomic mass is 19.3. The summed E-state index contributed by atoms with van der Waals surface area (Å²) in [5, 5.41) is 8.17. The largest absolute Gasteiger partial charge is 0.478 e. The van der Waals surface area contributed by atoms with Crippen molar-refractivity contribution >= 4 is 0 Å². The molecule has 0 saturated carbocycles. The van der Waals surface area contributed by atoms with E-state index >= 15 is 0 Å². The summed E-state index contributed by atoms with van der Waals surface area (Å²) in [6, 6.07) is 8.38. The van der Waals surface area contributed by atoms with Gasteiger partial charge in [-0.15, -0.1) is 5.10 Å². The minimum atomic E-state index is -2.88. The Morgan fingerprint density at radius 1 is 1.19 bits per heavy atom. The SMILES string of the molecule is CCOc1ncc(Cn2cc(CC)nn2)cc1-c1cccc(OC(F)F)c1. The van der Waals surface area contributed by atoms with Gasteiger partial charge in [-0.25, -0.2) is 9.67 Å². The van der Waals surface area contributed by atoms with Crippen molar-refractivity contribution < 1.29 is 18.3 Å². The van der Waals surface area contributed by atoms with Crippen molar-refractivity contribution in [3.63, 3.8) is 0 Å². The number of pyridine rings is 1. The quantitative estimate of drug-likeness (QED) is 0.597. The Morgan fingerprint density at radius 3 is 2.74 bits per heavy atom. The number of aromatic nitrogens is 4. The van der Waals surface area contributed by atoms with Crippen molar-refractivity contribution in [3.05, 3.63) is 54.0 Å². The van der Waals surface area contributed by atoms with E-state index in [0.29, 0.717) is 30.2 Å². The average Bonchev–Trinajstić information content (AvgIpc) is 3.10. The summed E-state index contributed by atoms with van der Waals surface area (Å²) in [5.74, 6) is 0.516. The van der Waals surface area contributed by atoms with Crippen LogP contribution >= 0.6 is 0 Å². The van der Waals surface area contributed by atoms with Crippen LogP contribution in [0.3, 0.4) is 0 Å². The van der Waals surface area contributed by atoms with Crippen LogP contribution in [0.4, 0.5) is 8.78 Å². The number of alkyl halides is 2. The number of benzene rings is 1. The van der Waals surface area contributed by atoms with Gasteiger partial charge in [-0.05, 0) is 42.7 Å². The molecule has 0 N–H and O–H groups in total. The highest BCUT2D eigenvalue weighted by Gasteiger charge is 2.12. The molecule has 0 spiro atoms. The Kier molecular flexibility index (Phi) is 5.95. The highest BCUT2D eigenvalue weighted by molar-refractivity contribution is 5.70. The number of aryl methyl sites for hydroxylation is 1. The summed E-state index contributed by atoms with van der Waals surface area (Å²) in [4.78, 5) is 4.39. The summed E-state index contributed by atoms with van der Waals surface area (Å²) in [7, 11) is 0. The minimum Gasteiger partial charge on any atom is -0.478 e. The average molecular weight is 374 g/mol. The summed E-state index contributed by atoms with van der Waals surface area (Å²) in [6.45, 7) is 1.93. The van der Waals surface area contributed by atoms with Crippen molar-refractivity contribution in [1.29, 1.82) is 0 Å². The van der Waals surface area contributed by atoms with Crippen LogP contribution in [0.1, 0.15) is 25.1 Å². The lowest BCUT2D eigenvalue weighted by molar-refractivity contribution is -0.0498. The van der Waals surface area contributed by atoms with Crippen molar-refractivity contribution in [2.75, 3.05) is 6.61 Å². The highest BCUT2D eigenvalue weighted by Crippen LogP contribution is 2.32. The molecule has 0 unspecified atom stereocenters. The van der Waals surface area contributed by atoms with E-state index in [9.17, 15) is 8.78 Å². The number of hydrogen-bond acceptors (Lipinski definition) is 5. The van der Waals surface area contributed by atoms with Gasteiger partial charge in [0.25, 0.3) is 0 Å². The Hall–Kier alpha value is -3.03. The normalized spacial score (nSPS) is 11.0. The third-order valence-electron chi connectivity index (χ3n) is 3.85. The zero-order chi connectivity index (χ0) is 19.2. The molecule has 2 heterocycles. The van der Waals surface area contributed by atoms with Crippen LogP contribution in [0.15, 0.2) is 42.7 Å². The third-order valence-corrected chi connectivity index (χ3v) is 3.85. The molecule has 142 valence electrons. The second-order valence-corrected chi connectivity index (χ2v) is 5.80. The maximum atomic E-state index is 12.5. The lowest BCUT2D eigenvalue weighted by atomic mass is 10.0. The summed E-state index contributed by atoms with van der Waals surface area (Å²) < 4.78 is 36.9. The van der Waals surface area contributed by atoms with E-state index in [1.54, 1.807) is 29.1 Å². The fraction of sp³-hybridized carbons (Fsp3) is 0.316. The van der Waals surface area contributed by atoms with Crippen LogP contribution in [0.2, 0.25) is 0 Å². The molecule has 0 aliphatic carbocycles. The van der Waals surface area contributed by atoms with Crippen molar-refractivity contribution in [2.24, 2.45) is 0 Å². The minimum absolute atomic E-state index is 0.0826. The number of ether oxygens (including phenoxy) is 2. The molecule has 3 aromatic rings. The number of halogens is 2. The lowest BCUT2D eigenvalue weighted by Crippen LogP contribution is -2.04. The maximum absolute atomic E-state index is 12.5. The van der Waals surface area contributed by atoms with Gasteiger partial charge in [0.1, 0.15) is 5.75 Å². The third kappa shape index (κ3) is 4.78. The van der Waals surface area contributed by atoms with Crippen molar-refractivity contribution in [1.82, 2.24) is 20.0 Å². The van der Waals surface area contributed by atoms with Gasteiger partial charge in [-0.3, -0.25) is 0 Å². The Labute approximate surface area is 155 Å². The predicted molar refractivity (Wildman–Crippen MR) is 96.0 cm³/mol. The monoisotopic (exact) mass is 374 g/mol. The molecule has 3 rings (SSSR count). The molecule has 8 heteroatoms. The first-order valence-electron chi connectivity index (χ1n) is 8.65. The molecular weight excluding hydrogens is 354 g/mol. The molecule has 0 atom stereocenters. The molecule has 0 saturated heterocycles. The zero-order valence-electron chi connectivity index (χ0n) is 15.1. The van der Waals surface area contributed by atoms with E-state index < -0.39 is 6.61 Å². The van der Waals surface area contributed by atoms with Crippen LogP contribution in [0.5, 0.6) is 11.6 Å². The van der Waals surface area contributed by atoms with Crippen LogP contribution in [0.25, 0.3) is 11.1 Å². The molecule has 0 bridgehead atoms. The second kappa shape index (κ2) is 8.57. The summed E-state index contributed by atoms with van der Waals surface area (Å²) in [5.41, 5.74) is 3.18. The lowest BCUT2D eigenvalue weighted by Gasteiger charge is -2.12. The van der Waals surface area contributed by atoms with E-state index in [1.807, 2.05) is 26.1 Å². The van der Waals surface area contributed by atoms with Crippen molar-refractivity contribution in [3.8, 4) is 22.8 Å². The Morgan fingerprint density at radius 2 is 2.04 bits per heavy atom.